The molecule has 7 nitrogen and oxygen atoms in total. The largest absolute Gasteiger partial charge is 0.508 e. The minimum Gasteiger partial charge on any atom is -0.508 e. The van der Waals surface area contributed by atoms with Crippen molar-refractivity contribution in [1.82, 2.24) is 10.2 Å². The quantitative estimate of drug-likeness (QED) is 0.724. The van der Waals surface area contributed by atoms with Crippen LogP contribution >= 0.6 is 0 Å². The summed E-state index contributed by atoms with van der Waals surface area (Å²) < 4.78 is 5.51. The molecule has 3 N–H and O–H groups in total. The number of aromatic hydroxyl groups is 1. The highest BCUT2D eigenvalue weighted by molar-refractivity contribution is 5.74. The van der Waals surface area contributed by atoms with E-state index in [0.29, 0.717) is 38.4 Å². The highest BCUT2D eigenvalue weighted by atomic mass is 16.5. The molecule has 2 rings (SSSR count). The number of ether oxygens (including phenoxy) is 1. The summed E-state index contributed by atoms with van der Waals surface area (Å²) in [6.45, 7) is 1.49. The van der Waals surface area contributed by atoms with E-state index in [9.17, 15) is 14.7 Å². The fraction of sp³-hybridized carbons (Fsp3) is 0.429. The Bertz CT molecular complexity index is 532. The molecule has 2 amide bonds. The molecule has 1 aromatic carbocycles. The third-order valence-electron chi connectivity index (χ3n) is 3.16. The van der Waals surface area contributed by atoms with E-state index in [4.69, 9.17) is 9.84 Å². The van der Waals surface area contributed by atoms with Crippen molar-refractivity contribution in [2.24, 2.45) is 0 Å². The number of urea groups is 1. The van der Waals surface area contributed by atoms with Crippen LogP contribution in [0.3, 0.4) is 0 Å². The summed E-state index contributed by atoms with van der Waals surface area (Å²) >= 11 is 0. The second-order valence-corrected chi connectivity index (χ2v) is 4.79. The van der Waals surface area contributed by atoms with Crippen molar-refractivity contribution in [3.05, 3.63) is 23.8 Å². The first-order chi connectivity index (χ1) is 10.1. The molecule has 7 heteroatoms. The fourth-order valence-electron chi connectivity index (χ4n) is 2.08. The van der Waals surface area contributed by atoms with E-state index in [2.05, 4.69) is 5.32 Å². The number of phenolic OH excluding ortho intramolecular Hbond substituents is 1. The van der Waals surface area contributed by atoms with E-state index >= 15 is 0 Å². The molecule has 1 heterocycles. The average Bonchev–Trinajstić information content (AvgIpc) is 2.65. The van der Waals surface area contributed by atoms with Crippen LogP contribution in [-0.2, 0) is 11.3 Å². The molecule has 0 fully saturated rings. The lowest BCUT2D eigenvalue weighted by molar-refractivity contribution is -0.137. The molecule has 1 aromatic rings. The van der Waals surface area contributed by atoms with Gasteiger partial charge in [0.05, 0.1) is 13.1 Å². The minimum absolute atomic E-state index is 0.0332. The van der Waals surface area contributed by atoms with Gasteiger partial charge in [-0.1, -0.05) is 0 Å². The second kappa shape index (κ2) is 6.83. The number of amides is 2. The molecule has 0 aromatic heterocycles. The number of carbonyl (C=O) groups excluding carboxylic acids is 1. The first kappa shape index (κ1) is 15.0. The molecular weight excluding hydrogens is 276 g/mol. The maximum absolute atomic E-state index is 12.0. The highest BCUT2D eigenvalue weighted by Crippen LogP contribution is 2.27. The molecule has 0 atom stereocenters. The van der Waals surface area contributed by atoms with Crippen molar-refractivity contribution < 1.29 is 24.5 Å². The Morgan fingerprint density at radius 3 is 2.95 bits per heavy atom. The molecule has 1 aliphatic rings. The van der Waals surface area contributed by atoms with Crippen molar-refractivity contribution in [1.29, 1.82) is 0 Å². The zero-order chi connectivity index (χ0) is 15.2. The van der Waals surface area contributed by atoms with Crippen molar-refractivity contribution >= 4 is 12.0 Å². The van der Waals surface area contributed by atoms with Gasteiger partial charge in [-0.3, -0.25) is 4.79 Å². The second-order valence-electron chi connectivity index (χ2n) is 4.79. The minimum atomic E-state index is -0.874. The van der Waals surface area contributed by atoms with Crippen molar-refractivity contribution in [3.8, 4) is 11.5 Å². The molecule has 0 aliphatic carbocycles. The summed E-state index contributed by atoms with van der Waals surface area (Å²) in [5.74, 6) is -0.169. The van der Waals surface area contributed by atoms with Crippen LogP contribution in [0, 0.1) is 0 Å². The van der Waals surface area contributed by atoms with Gasteiger partial charge < -0.3 is 25.2 Å². The number of carboxylic acids is 1. The summed E-state index contributed by atoms with van der Waals surface area (Å²) in [5.41, 5.74) is 0.825. The van der Waals surface area contributed by atoms with Crippen LogP contribution in [0.4, 0.5) is 4.79 Å². The summed E-state index contributed by atoms with van der Waals surface area (Å²) in [6, 6.07) is 4.56. The monoisotopic (exact) mass is 294 g/mol. The normalized spacial score (nSPS) is 13.8. The lowest BCUT2D eigenvalue weighted by Gasteiger charge is -2.20. The number of nitrogens with zero attached hydrogens (tertiary/aromatic N) is 1. The molecule has 0 unspecified atom stereocenters. The topological polar surface area (TPSA) is 99.1 Å². The van der Waals surface area contributed by atoms with Crippen LogP contribution < -0.4 is 10.1 Å². The number of rotatable bonds is 4. The zero-order valence-electron chi connectivity index (χ0n) is 11.5. The van der Waals surface area contributed by atoms with Crippen LogP contribution in [0.15, 0.2) is 18.2 Å². The Balaban J connectivity index is 1.90. The SMILES string of the molecule is O=C(O)CCCNC(=O)N1CCOc2cc(O)ccc2C1. The first-order valence-electron chi connectivity index (χ1n) is 6.75. The molecule has 114 valence electrons. The van der Waals surface area contributed by atoms with Crippen molar-refractivity contribution in [2.45, 2.75) is 19.4 Å². The van der Waals surface area contributed by atoms with E-state index in [1.54, 1.807) is 17.0 Å². The number of hydrogen-bond donors (Lipinski definition) is 3. The summed E-state index contributed by atoms with van der Waals surface area (Å²) in [7, 11) is 0. The van der Waals surface area contributed by atoms with Crippen LogP contribution in [0.25, 0.3) is 0 Å². The lowest BCUT2D eigenvalue weighted by atomic mass is 10.2. The number of phenols is 1. The third kappa shape index (κ3) is 4.27. The number of fused-ring (bicyclic) bond motifs is 1. The van der Waals surface area contributed by atoms with Crippen molar-refractivity contribution in [2.75, 3.05) is 19.7 Å². The van der Waals surface area contributed by atoms with Crippen LogP contribution in [-0.4, -0.2) is 46.8 Å². The van der Waals surface area contributed by atoms with Crippen LogP contribution in [0.2, 0.25) is 0 Å². The average molecular weight is 294 g/mol. The molecule has 0 spiro atoms. The molecule has 0 saturated carbocycles. The fourth-order valence-corrected chi connectivity index (χ4v) is 2.08. The molecule has 0 bridgehead atoms. The molecule has 21 heavy (non-hydrogen) atoms. The summed E-state index contributed by atoms with van der Waals surface area (Å²) in [6.07, 6.45) is 0.432. The zero-order valence-corrected chi connectivity index (χ0v) is 11.5. The number of nitrogens with one attached hydrogen (secondary N) is 1. The summed E-state index contributed by atoms with van der Waals surface area (Å²) in [5, 5.41) is 20.7. The molecule has 0 saturated heterocycles. The van der Waals surface area contributed by atoms with E-state index in [1.807, 2.05) is 0 Å². The van der Waals surface area contributed by atoms with Gasteiger partial charge in [0.1, 0.15) is 18.1 Å². The number of benzene rings is 1. The van der Waals surface area contributed by atoms with Gasteiger partial charge in [-0.15, -0.1) is 0 Å². The highest BCUT2D eigenvalue weighted by Gasteiger charge is 2.19. The Hall–Kier alpha value is -2.44. The van der Waals surface area contributed by atoms with Gasteiger partial charge in [-0.2, -0.15) is 0 Å². The van der Waals surface area contributed by atoms with Crippen LogP contribution in [0.1, 0.15) is 18.4 Å². The first-order valence-corrected chi connectivity index (χ1v) is 6.75. The number of carboxylic acid groups (broad SMARTS) is 1. The van der Waals surface area contributed by atoms with Crippen molar-refractivity contribution in [3.63, 3.8) is 0 Å². The molecular formula is C14H18N2O5. The van der Waals surface area contributed by atoms with E-state index in [0.717, 1.165) is 5.56 Å². The van der Waals surface area contributed by atoms with Gasteiger partial charge in [0.2, 0.25) is 0 Å². The predicted octanol–water partition coefficient (Wildman–Crippen LogP) is 1.16. The standard InChI is InChI=1S/C14H18N2O5/c17-11-4-3-10-9-16(6-7-21-12(10)8-11)14(20)15-5-1-2-13(18)19/h3-4,8,17H,1-2,5-7,9H2,(H,15,20)(H,18,19). The summed E-state index contributed by atoms with van der Waals surface area (Å²) in [4.78, 5) is 24.0. The Morgan fingerprint density at radius 2 is 2.19 bits per heavy atom. The number of aliphatic carboxylic acids is 1. The van der Waals surface area contributed by atoms with Gasteiger partial charge in [0, 0.05) is 24.6 Å². The maximum Gasteiger partial charge on any atom is 0.317 e. The smallest absolute Gasteiger partial charge is 0.317 e. The van der Waals surface area contributed by atoms with Gasteiger partial charge in [0.25, 0.3) is 0 Å². The maximum atomic E-state index is 12.0. The van der Waals surface area contributed by atoms with Gasteiger partial charge in [-0.05, 0) is 18.6 Å². The number of hydrogen-bond acceptors (Lipinski definition) is 4. The van der Waals surface area contributed by atoms with E-state index in [-0.39, 0.29) is 18.2 Å². The Kier molecular flexibility index (Phi) is 4.86. The Labute approximate surface area is 122 Å². The Morgan fingerprint density at radius 1 is 1.38 bits per heavy atom. The van der Waals surface area contributed by atoms with Gasteiger partial charge in [-0.25, -0.2) is 4.79 Å². The molecule has 0 radical (unpaired) electrons. The van der Waals surface area contributed by atoms with E-state index < -0.39 is 5.97 Å². The van der Waals surface area contributed by atoms with Crippen LogP contribution in [0.5, 0.6) is 11.5 Å². The molecule has 1 aliphatic heterocycles. The predicted molar refractivity (Wildman–Crippen MR) is 74.3 cm³/mol. The van der Waals surface area contributed by atoms with Gasteiger partial charge >= 0.3 is 12.0 Å². The lowest BCUT2D eigenvalue weighted by Crippen LogP contribution is -2.41. The van der Waals surface area contributed by atoms with E-state index in [1.165, 1.54) is 6.07 Å². The third-order valence-corrected chi connectivity index (χ3v) is 3.16. The number of carbonyl (C=O) groups is 2. The van der Waals surface area contributed by atoms with Gasteiger partial charge in [0.15, 0.2) is 0 Å².